The number of imide groups is 1. The summed E-state index contributed by atoms with van der Waals surface area (Å²) in [6, 6.07) is -0.838. The molecule has 0 radical (unpaired) electrons. The van der Waals surface area contributed by atoms with Gasteiger partial charge in [0, 0.05) is 0 Å². The van der Waals surface area contributed by atoms with E-state index in [1.54, 1.807) is 27.7 Å². The fourth-order valence-electron chi connectivity index (χ4n) is 3.36. The summed E-state index contributed by atoms with van der Waals surface area (Å²) >= 11 is 0. The molecule has 1 saturated heterocycles. The summed E-state index contributed by atoms with van der Waals surface area (Å²) in [7, 11) is 0. The van der Waals surface area contributed by atoms with Gasteiger partial charge in [-0.15, -0.1) is 0 Å². The standard InChI is InChI=1S/C16H25NO4/c1-6-10-7-11-12(8-10)14(19)17(13(11)18)9(2)15(20)21-16(3,4)5/h9-12H,6-8H2,1-5H3. The molecule has 1 aliphatic carbocycles. The predicted molar refractivity (Wildman–Crippen MR) is 77.2 cm³/mol. The Hall–Kier alpha value is -1.39. The average molecular weight is 295 g/mol. The molecule has 0 N–H and O–H groups in total. The molecule has 2 aliphatic rings. The number of nitrogens with zero attached hydrogens (tertiary/aromatic N) is 1. The van der Waals surface area contributed by atoms with Gasteiger partial charge < -0.3 is 4.74 Å². The van der Waals surface area contributed by atoms with E-state index in [1.165, 1.54) is 0 Å². The van der Waals surface area contributed by atoms with Crippen molar-refractivity contribution in [3.8, 4) is 0 Å². The van der Waals surface area contributed by atoms with Crippen molar-refractivity contribution < 1.29 is 19.1 Å². The van der Waals surface area contributed by atoms with Crippen LogP contribution in [-0.2, 0) is 19.1 Å². The van der Waals surface area contributed by atoms with Crippen LogP contribution in [0.2, 0.25) is 0 Å². The van der Waals surface area contributed by atoms with E-state index in [9.17, 15) is 14.4 Å². The molecule has 1 saturated carbocycles. The van der Waals surface area contributed by atoms with E-state index >= 15 is 0 Å². The molecule has 1 heterocycles. The van der Waals surface area contributed by atoms with Gasteiger partial charge in [-0.2, -0.15) is 0 Å². The molecular weight excluding hydrogens is 270 g/mol. The summed E-state index contributed by atoms with van der Waals surface area (Å²) in [6.07, 6.45) is 2.53. The van der Waals surface area contributed by atoms with Gasteiger partial charge in [-0.1, -0.05) is 13.3 Å². The molecule has 5 heteroatoms. The van der Waals surface area contributed by atoms with E-state index in [-0.39, 0.29) is 23.7 Å². The summed E-state index contributed by atoms with van der Waals surface area (Å²) in [5.41, 5.74) is -0.625. The zero-order chi connectivity index (χ0) is 15.9. The molecule has 0 aromatic carbocycles. The summed E-state index contributed by atoms with van der Waals surface area (Å²) in [4.78, 5) is 38.2. The number of carbonyl (C=O) groups excluding carboxylic acids is 3. The van der Waals surface area contributed by atoms with Crippen LogP contribution in [0.1, 0.15) is 53.9 Å². The highest BCUT2D eigenvalue weighted by Gasteiger charge is 2.54. The first-order valence-corrected chi connectivity index (χ1v) is 7.75. The van der Waals surface area contributed by atoms with Gasteiger partial charge in [0.05, 0.1) is 11.8 Å². The van der Waals surface area contributed by atoms with E-state index in [4.69, 9.17) is 4.74 Å². The highest BCUT2D eigenvalue weighted by molar-refractivity contribution is 6.08. The third-order valence-electron chi connectivity index (χ3n) is 4.48. The van der Waals surface area contributed by atoms with Crippen molar-refractivity contribution >= 4 is 17.8 Å². The Labute approximate surface area is 126 Å². The van der Waals surface area contributed by atoms with E-state index in [0.29, 0.717) is 5.92 Å². The molecule has 2 rings (SSSR count). The smallest absolute Gasteiger partial charge is 0.329 e. The van der Waals surface area contributed by atoms with Crippen molar-refractivity contribution in [3.05, 3.63) is 0 Å². The Morgan fingerprint density at radius 2 is 1.71 bits per heavy atom. The van der Waals surface area contributed by atoms with Crippen molar-refractivity contribution in [3.63, 3.8) is 0 Å². The topological polar surface area (TPSA) is 63.7 Å². The summed E-state index contributed by atoms with van der Waals surface area (Å²) in [6.45, 7) is 8.97. The molecule has 3 unspecified atom stereocenters. The van der Waals surface area contributed by atoms with Crippen LogP contribution in [0.4, 0.5) is 0 Å². The second-order valence-electron chi connectivity index (χ2n) is 7.21. The van der Waals surface area contributed by atoms with Crippen LogP contribution < -0.4 is 0 Å². The number of hydrogen-bond donors (Lipinski definition) is 0. The van der Waals surface area contributed by atoms with Crippen molar-refractivity contribution in [1.82, 2.24) is 4.90 Å². The predicted octanol–water partition coefficient (Wildman–Crippen LogP) is 2.14. The van der Waals surface area contributed by atoms with Gasteiger partial charge in [0.2, 0.25) is 11.8 Å². The van der Waals surface area contributed by atoms with Crippen molar-refractivity contribution in [2.45, 2.75) is 65.5 Å². The second-order valence-corrected chi connectivity index (χ2v) is 7.21. The van der Waals surface area contributed by atoms with Crippen LogP contribution in [-0.4, -0.2) is 34.3 Å². The number of rotatable bonds is 3. The van der Waals surface area contributed by atoms with E-state index in [0.717, 1.165) is 24.2 Å². The molecule has 0 bridgehead atoms. The van der Waals surface area contributed by atoms with Gasteiger partial charge in [0.15, 0.2) is 0 Å². The van der Waals surface area contributed by atoms with Gasteiger partial charge >= 0.3 is 5.97 Å². The molecule has 118 valence electrons. The minimum Gasteiger partial charge on any atom is -0.458 e. The van der Waals surface area contributed by atoms with Crippen molar-refractivity contribution in [2.75, 3.05) is 0 Å². The van der Waals surface area contributed by atoms with Gasteiger partial charge in [-0.25, -0.2) is 4.79 Å². The minimum atomic E-state index is -0.838. The third kappa shape index (κ3) is 2.97. The Morgan fingerprint density at radius 1 is 1.24 bits per heavy atom. The SMILES string of the molecule is CCC1CC2C(=O)N(C(C)C(=O)OC(C)(C)C)C(=O)C2C1. The maximum Gasteiger partial charge on any atom is 0.329 e. The van der Waals surface area contributed by atoms with Crippen LogP contribution in [0.3, 0.4) is 0 Å². The number of amides is 2. The second kappa shape index (κ2) is 5.43. The number of hydrogen-bond acceptors (Lipinski definition) is 4. The van der Waals surface area contributed by atoms with Crippen LogP contribution in [0.5, 0.6) is 0 Å². The molecule has 21 heavy (non-hydrogen) atoms. The van der Waals surface area contributed by atoms with Gasteiger partial charge in [-0.05, 0) is 46.5 Å². The lowest BCUT2D eigenvalue weighted by atomic mass is 10.00. The van der Waals surface area contributed by atoms with Crippen LogP contribution in [0.25, 0.3) is 0 Å². The van der Waals surface area contributed by atoms with E-state index < -0.39 is 17.6 Å². The molecule has 0 aromatic rings. The zero-order valence-corrected chi connectivity index (χ0v) is 13.5. The number of likely N-dealkylation sites (tertiary alicyclic amines) is 1. The first kappa shape index (κ1) is 16.0. The molecule has 0 aromatic heterocycles. The quantitative estimate of drug-likeness (QED) is 0.591. The lowest BCUT2D eigenvalue weighted by Crippen LogP contribution is -2.46. The Bertz CT molecular complexity index is 441. The van der Waals surface area contributed by atoms with Crippen LogP contribution in [0.15, 0.2) is 0 Å². The number of ether oxygens (including phenoxy) is 1. The lowest BCUT2D eigenvalue weighted by Gasteiger charge is -2.27. The molecule has 2 fully saturated rings. The molecule has 3 atom stereocenters. The molecule has 1 aliphatic heterocycles. The molecular formula is C16H25NO4. The fourth-order valence-corrected chi connectivity index (χ4v) is 3.36. The molecule has 0 spiro atoms. The Balaban J connectivity index is 2.10. The third-order valence-corrected chi connectivity index (χ3v) is 4.48. The maximum atomic E-state index is 12.5. The summed E-state index contributed by atoms with van der Waals surface area (Å²) in [5.74, 6) is -0.915. The molecule has 2 amide bonds. The maximum absolute atomic E-state index is 12.5. The number of fused-ring (bicyclic) bond motifs is 1. The summed E-state index contributed by atoms with van der Waals surface area (Å²) in [5, 5.41) is 0. The van der Waals surface area contributed by atoms with Gasteiger partial charge in [0.25, 0.3) is 0 Å². The number of esters is 1. The lowest BCUT2D eigenvalue weighted by molar-refractivity contribution is -0.166. The zero-order valence-electron chi connectivity index (χ0n) is 13.5. The van der Waals surface area contributed by atoms with Gasteiger partial charge in [-0.3, -0.25) is 14.5 Å². The van der Waals surface area contributed by atoms with Gasteiger partial charge in [0.1, 0.15) is 11.6 Å². The average Bonchev–Trinajstić information content (AvgIpc) is 2.88. The molecule has 5 nitrogen and oxygen atoms in total. The first-order chi connectivity index (χ1) is 9.65. The van der Waals surface area contributed by atoms with E-state index in [2.05, 4.69) is 6.92 Å². The normalized spacial score (nSPS) is 30.5. The van der Waals surface area contributed by atoms with Crippen LogP contribution in [0, 0.1) is 17.8 Å². The van der Waals surface area contributed by atoms with Crippen LogP contribution >= 0.6 is 0 Å². The minimum absolute atomic E-state index is 0.195. The highest BCUT2D eigenvalue weighted by atomic mass is 16.6. The monoisotopic (exact) mass is 295 g/mol. The largest absolute Gasteiger partial charge is 0.458 e. The summed E-state index contributed by atoms with van der Waals surface area (Å²) < 4.78 is 5.29. The fraction of sp³-hybridized carbons (Fsp3) is 0.812. The van der Waals surface area contributed by atoms with Crippen molar-refractivity contribution in [1.29, 1.82) is 0 Å². The Kier molecular flexibility index (Phi) is 4.13. The van der Waals surface area contributed by atoms with Crippen molar-refractivity contribution in [2.24, 2.45) is 17.8 Å². The first-order valence-electron chi connectivity index (χ1n) is 7.75. The Morgan fingerprint density at radius 3 is 2.10 bits per heavy atom. The van der Waals surface area contributed by atoms with E-state index in [1.807, 2.05) is 0 Å². The number of carbonyl (C=O) groups is 3. The highest BCUT2D eigenvalue weighted by Crippen LogP contribution is 2.44.